The lowest BCUT2D eigenvalue weighted by Gasteiger charge is -2.30. The Bertz CT molecular complexity index is 957. The molecule has 0 unspecified atom stereocenters. The van der Waals surface area contributed by atoms with Gasteiger partial charge in [0, 0.05) is 24.3 Å². The first-order chi connectivity index (χ1) is 15.3. The molecule has 4 rings (SSSR count). The average Bonchev–Trinajstić information content (AvgIpc) is 3.08. The van der Waals surface area contributed by atoms with E-state index in [4.69, 9.17) is 4.74 Å². The van der Waals surface area contributed by atoms with Crippen molar-refractivity contribution < 1.29 is 19.4 Å². The van der Waals surface area contributed by atoms with E-state index >= 15 is 0 Å². The number of ether oxygens (including phenoxy) is 1. The molecule has 2 aliphatic rings. The van der Waals surface area contributed by atoms with Gasteiger partial charge in [0.25, 0.3) is 0 Å². The summed E-state index contributed by atoms with van der Waals surface area (Å²) >= 11 is 0. The van der Waals surface area contributed by atoms with Crippen molar-refractivity contribution >= 4 is 25.6 Å². The summed E-state index contributed by atoms with van der Waals surface area (Å²) in [6.45, 7) is 6.21. The third-order valence-corrected chi connectivity index (χ3v) is 9.64. The fourth-order valence-corrected chi connectivity index (χ4v) is 8.33. The van der Waals surface area contributed by atoms with Crippen LogP contribution in [0, 0.1) is 5.92 Å². The van der Waals surface area contributed by atoms with Crippen LogP contribution in [0.2, 0.25) is 18.6 Å². The molecule has 5 nitrogen and oxygen atoms in total. The van der Waals surface area contributed by atoms with Crippen LogP contribution in [0.5, 0.6) is 0 Å². The molecule has 0 bridgehead atoms. The highest BCUT2D eigenvalue weighted by Crippen LogP contribution is 2.45. The zero-order chi connectivity index (χ0) is 22.9. The summed E-state index contributed by atoms with van der Waals surface area (Å²) in [5, 5.41) is 9.46. The van der Waals surface area contributed by atoms with Gasteiger partial charge in [0.05, 0.1) is 17.9 Å². The van der Waals surface area contributed by atoms with Crippen molar-refractivity contribution in [3.63, 3.8) is 0 Å². The van der Waals surface area contributed by atoms with Crippen molar-refractivity contribution in [1.29, 1.82) is 0 Å². The number of nitrogens with zero attached hydrogens (tertiary/aromatic N) is 1. The Morgan fingerprint density at radius 2 is 1.84 bits per heavy atom. The molecule has 0 radical (unpaired) electrons. The van der Waals surface area contributed by atoms with Crippen LogP contribution in [0.15, 0.2) is 48.5 Å². The monoisotopic (exact) mass is 453 g/mol. The second-order valence-corrected chi connectivity index (χ2v) is 13.8. The third-order valence-electron chi connectivity index (χ3n) is 7.11. The number of hydrogen-bond acceptors (Lipinski definition) is 4. The van der Waals surface area contributed by atoms with Crippen LogP contribution >= 0.6 is 0 Å². The number of aliphatic hydroxyl groups is 1. The van der Waals surface area contributed by atoms with Crippen molar-refractivity contribution in [3.8, 4) is 0 Å². The van der Waals surface area contributed by atoms with Crippen LogP contribution in [0.3, 0.4) is 0 Å². The maximum absolute atomic E-state index is 12.8. The molecule has 0 saturated carbocycles. The van der Waals surface area contributed by atoms with Crippen LogP contribution < -0.4 is 4.90 Å². The largest absolute Gasteiger partial charge is 0.432 e. The maximum atomic E-state index is 12.8. The second-order valence-electron chi connectivity index (χ2n) is 9.83. The molecule has 4 atom stereocenters. The molecular formula is C26H35NO4Si. The number of carbonyl (C=O) groups is 1. The number of anilines is 2. The predicted molar refractivity (Wildman–Crippen MR) is 130 cm³/mol. The zero-order valence-electron chi connectivity index (χ0n) is 19.3. The van der Waals surface area contributed by atoms with E-state index in [1.165, 1.54) is 11.1 Å². The molecule has 2 heterocycles. The minimum Gasteiger partial charge on any atom is -0.432 e. The minimum absolute atomic E-state index is 0.0662. The van der Waals surface area contributed by atoms with E-state index in [1.807, 2.05) is 48.3 Å². The van der Waals surface area contributed by atoms with Gasteiger partial charge in [0.1, 0.15) is 0 Å². The van der Waals surface area contributed by atoms with Gasteiger partial charge in [-0.05, 0) is 74.0 Å². The van der Waals surface area contributed by atoms with Crippen LogP contribution in [0.1, 0.15) is 37.3 Å². The fourth-order valence-electron chi connectivity index (χ4n) is 5.68. The van der Waals surface area contributed by atoms with E-state index < -0.39 is 8.32 Å². The van der Waals surface area contributed by atoms with Gasteiger partial charge in [-0.2, -0.15) is 0 Å². The molecule has 6 heteroatoms. The zero-order valence-corrected chi connectivity index (χ0v) is 20.3. The standard InChI is InChI=1S/C26H35NO4Si/c1-18-23(31-24(15-16-28)26(18)32(2,3)30)13-11-19-7-6-9-21(17-19)27-22-10-5-4-8-20(22)12-14-25(27)29/h4-10,17-18,23-24,26,28,30H,11-16H2,1-3H3/t18-,23+,24-,26+/m1/s1. The smallest absolute Gasteiger partial charge is 0.231 e. The Morgan fingerprint density at radius 3 is 2.59 bits per heavy atom. The molecule has 0 aliphatic carbocycles. The maximum Gasteiger partial charge on any atom is 0.231 e. The second kappa shape index (κ2) is 9.47. The minimum atomic E-state index is -2.39. The summed E-state index contributed by atoms with van der Waals surface area (Å²) in [7, 11) is -2.39. The van der Waals surface area contributed by atoms with Crippen LogP contribution in [-0.2, 0) is 22.4 Å². The topological polar surface area (TPSA) is 70.0 Å². The van der Waals surface area contributed by atoms with Crippen LogP contribution in [-0.4, -0.2) is 42.9 Å². The normalized spacial score (nSPS) is 25.8. The Hall–Kier alpha value is -1.99. The van der Waals surface area contributed by atoms with Gasteiger partial charge >= 0.3 is 0 Å². The van der Waals surface area contributed by atoms with E-state index in [9.17, 15) is 14.7 Å². The molecule has 2 aliphatic heterocycles. The number of amides is 1. The average molecular weight is 454 g/mol. The Morgan fingerprint density at radius 1 is 1.06 bits per heavy atom. The van der Waals surface area contributed by atoms with Gasteiger partial charge < -0.3 is 14.6 Å². The lowest BCUT2D eigenvalue weighted by molar-refractivity contribution is -0.118. The van der Waals surface area contributed by atoms with E-state index in [0.29, 0.717) is 12.8 Å². The number of para-hydroxylation sites is 1. The lowest BCUT2D eigenvalue weighted by atomic mass is 9.95. The first kappa shape index (κ1) is 23.2. The van der Waals surface area contributed by atoms with Crippen molar-refractivity contribution in [3.05, 3.63) is 59.7 Å². The van der Waals surface area contributed by atoms with E-state index in [0.717, 1.165) is 30.6 Å². The predicted octanol–water partition coefficient (Wildman–Crippen LogP) is 4.58. The molecule has 2 aromatic rings. The number of aryl methyl sites for hydroxylation is 2. The third kappa shape index (κ3) is 4.69. The van der Waals surface area contributed by atoms with Gasteiger partial charge in [-0.1, -0.05) is 37.3 Å². The first-order valence-corrected chi connectivity index (χ1v) is 14.8. The molecule has 0 spiro atoms. The molecule has 2 N–H and O–H groups in total. The van der Waals surface area contributed by atoms with E-state index in [2.05, 4.69) is 25.1 Å². The SMILES string of the molecule is C[C@H]1[C@H]([Si](C)(C)O)[C@@H](CCO)O[C@H]1CCc1cccc(N2C(=O)CCc3ccccc32)c1. The van der Waals surface area contributed by atoms with Gasteiger partial charge in [-0.3, -0.25) is 9.69 Å². The number of aliphatic hydroxyl groups excluding tert-OH is 1. The summed E-state index contributed by atoms with van der Waals surface area (Å²) in [6, 6.07) is 16.4. The lowest BCUT2D eigenvalue weighted by Crippen LogP contribution is -2.40. The number of rotatable bonds is 7. The summed E-state index contributed by atoms with van der Waals surface area (Å²) < 4.78 is 6.34. The number of benzene rings is 2. The Kier molecular flexibility index (Phi) is 6.86. The molecule has 2 aromatic carbocycles. The number of hydrogen-bond donors (Lipinski definition) is 2. The Labute approximate surface area is 192 Å². The van der Waals surface area contributed by atoms with Crippen molar-refractivity contribution in [1.82, 2.24) is 0 Å². The van der Waals surface area contributed by atoms with E-state index in [-0.39, 0.29) is 36.2 Å². The van der Waals surface area contributed by atoms with Crippen LogP contribution in [0.25, 0.3) is 0 Å². The van der Waals surface area contributed by atoms with E-state index in [1.54, 1.807) is 0 Å². The summed E-state index contributed by atoms with van der Waals surface area (Å²) in [4.78, 5) is 25.4. The van der Waals surface area contributed by atoms with Crippen molar-refractivity contribution in [2.45, 2.75) is 69.9 Å². The molecular weight excluding hydrogens is 418 g/mol. The van der Waals surface area contributed by atoms with Gasteiger partial charge in [-0.25, -0.2) is 0 Å². The molecule has 1 amide bonds. The molecule has 1 saturated heterocycles. The van der Waals surface area contributed by atoms with Gasteiger partial charge in [-0.15, -0.1) is 0 Å². The molecule has 172 valence electrons. The number of carbonyl (C=O) groups excluding carboxylic acids is 1. The van der Waals surface area contributed by atoms with Crippen molar-refractivity contribution in [2.24, 2.45) is 5.92 Å². The highest BCUT2D eigenvalue weighted by Gasteiger charge is 2.49. The molecule has 32 heavy (non-hydrogen) atoms. The quantitative estimate of drug-likeness (QED) is 0.602. The first-order valence-electron chi connectivity index (χ1n) is 11.8. The van der Waals surface area contributed by atoms with Gasteiger partial charge in [0.2, 0.25) is 5.91 Å². The van der Waals surface area contributed by atoms with Gasteiger partial charge in [0.15, 0.2) is 8.32 Å². The Balaban J connectivity index is 1.49. The highest BCUT2D eigenvalue weighted by atomic mass is 28.4. The molecule has 1 fully saturated rings. The summed E-state index contributed by atoms with van der Waals surface area (Å²) in [5.74, 6) is 0.398. The summed E-state index contributed by atoms with van der Waals surface area (Å²) in [6.07, 6.45) is 3.61. The summed E-state index contributed by atoms with van der Waals surface area (Å²) in [5.41, 5.74) is 4.42. The molecule has 0 aromatic heterocycles. The fraction of sp³-hybridized carbons (Fsp3) is 0.500. The van der Waals surface area contributed by atoms with Crippen molar-refractivity contribution in [2.75, 3.05) is 11.5 Å². The van der Waals surface area contributed by atoms with Crippen LogP contribution in [0.4, 0.5) is 11.4 Å². The number of fused-ring (bicyclic) bond motifs is 1. The highest BCUT2D eigenvalue weighted by molar-refractivity contribution is 6.71.